The van der Waals surface area contributed by atoms with Gasteiger partial charge in [-0.05, 0) is 37.8 Å². The van der Waals surface area contributed by atoms with Crippen molar-refractivity contribution in [2.24, 2.45) is 0 Å². The second-order valence-electron chi connectivity index (χ2n) is 7.62. The van der Waals surface area contributed by atoms with E-state index < -0.39 is 6.04 Å². The van der Waals surface area contributed by atoms with Gasteiger partial charge in [0.15, 0.2) is 0 Å². The molecular weight excluding hydrogens is 358 g/mol. The zero-order chi connectivity index (χ0) is 19.9. The minimum Gasteiger partial charge on any atom is -0.507 e. The van der Waals surface area contributed by atoms with E-state index in [9.17, 15) is 19.5 Å². The summed E-state index contributed by atoms with van der Waals surface area (Å²) in [7, 11) is 0. The molecule has 7 nitrogen and oxygen atoms in total. The molecule has 28 heavy (non-hydrogen) atoms. The van der Waals surface area contributed by atoms with Crippen LogP contribution < -0.4 is 10.6 Å². The number of benzene rings is 1. The monoisotopic (exact) mass is 387 g/mol. The highest BCUT2D eigenvalue weighted by molar-refractivity contribution is 5.99. The van der Waals surface area contributed by atoms with Gasteiger partial charge in [-0.1, -0.05) is 31.4 Å². The number of nitrogens with zero attached hydrogens (tertiary/aromatic N) is 1. The van der Waals surface area contributed by atoms with E-state index in [1.54, 1.807) is 18.2 Å². The van der Waals surface area contributed by atoms with Crippen LogP contribution in [-0.2, 0) is 9.59 Å². The highest BCUT2D eigenvalue weighted by Crippen LogP contribution is 2.24. The first kappa shape index (κ1) is 20.2. The third-order valence-electron chi connectivity index (χ3n) is 5.57. The van der Waals surface area contributed by atoms with Crippen LogP contribution in [0.15, 0.2) is 24.3 Å². The Kier molecular flexibility index (Phi) is 6.90. The van der Waals surface area contributed by atoms with Crippen molar-refractivity contribution in [3.05, 3.63) is 29.8 Å². The van der Waals surface area contributed by atoms with Crippen LogP contribution >= 0.6 is 0 Å². The fourth-order valence-electron chi connectivity index (χ4n) is 4.06. The Morgan fingerprint density at radius 2 is 1.79 bits per heavy atom. The van der Waals surface area contributed by atoms with E-state index in [1.807, 2.05) is 0 Å². The highest BCUT2D eigenvalue weighted by Gasteiger charge is 2.35. The lowest BCUT2D eigenvalue weighted by Gasteiger charge is -2.25. The molecular formula is C21H29N3O4. The minimum absolute atomic E-state index is 0.0410. The van der Waals surface area contributed by atoms with Crippen LogP contribution in [-0.4, -0.2) is 52.9 Å². The van der Waals surface area contributed by atoms with Gasteiger partial charge in [0.05, 0.1) is 5.56 Å². The van der Waals surface area contributed by atoms with Gasteiger partial charge in [0, 0.05) is 25.6 Å². The number of para-hydroxylation sites is 1. The van der Waals surface area contributed by atoms with Gasteiger partial charge < -0.3 is 20.6 Å². The standard InChI is InChI=1S/C21H29N3O4/c25-18-11-5-4-9-16(18)21(28)24-14-6-10-17(24)20(27)22-13-12-19(26)23-15-7-2-1-3-8-15/h4-5,9,11,15,17,25H,1-3,6-8,10,12-14H2,(H,22,27)(H,23,26). The third-order valence-corrected chi connectivity index (χ3v) is 5.57. The molecule has 2 aliphatic rings. The van der Waals surface area contributed by atoms with E-state index in [0.29, 0.717) is 13.0 Å². The van der Waals surface area contributed by atoms with Crippen LogP contribution in [0.1, 0.15) is 61.7 Å². The SMILES string of the molecule is O=C(CCNC(=O)C1CCCN1C(=O)c1ccccc1O)NC1CCCCC1. The quantitative estimate of drug-likeness (QED) is 0.695. The van der Waals surface area contributed by atoms with Gasteiger partial charge in [-0.2, -0.15) is 0 Å². The predicted octanol–water partition coefficient (Wildman–Crippen LogP) is 1.95. The number of amides is 3. The van der Waals surface area contributed by atoms with Crippen LogP contribution in [0.3, 0.4) is 0 Å². The Labute approximate surface area is 165 Å². The molecule has 1 aliphatic heterocycles. The largest absolute Gasteiger partial charge is 0.507 e. The Morgan fingerprint density at radius 1 is 1.04 bits per heavy atom. The molecule has 0 spiro atoms. The Morgan fingerprint density at radius 3 is 2.54 bits per heavy atom. The minimum atomic E-state index is -0.562. The molecule has 0 bridgehead atoms. The molecule has 1 unspecified atom stereocenters. The molecule has 3 N–H and O–H groups in total. The topological polar surface area (TPSA) is 98.7 Å². The number of rotatable bonds is 6. The van der Waals surface area contributed by atoms with Crippen LogP contribution in [0.25, 0.3) is 0 Å². The Bertz CT molecular complexity index is 715. The summed E-state index contributed by atoms with van der Waals surface area (Å²) < 4.78 is 0. The van der Waals surface area contributed by atoms with Crippen LogP contribution in [0.2, 0.25) is 0 Å². The molecule has 0 radical (unpaired) electrons. The van der Waals surface area contributed by atoms with E-state index in [4.69, 9.17) is 0 Å². The summed E-state index contributed by atoms with van der Waals surface area (Å²) in [6.45, 7) is 0.736. The number of hydrogen-bond donors (Lipinski definition) is 3. The first-order valence-corrected chi connectivity index (χ1v) is 10.2. The van der Waals surface area contributed by atoms with Crippen molar-refractivity contribution in [3.63, 3.8) is 0 Å². The van der Waals surface area contributed by atoms with Gasteiger partial charge in [-0.3, -0.25) is 14.4 Å². The first-order chi connectivity index (χ1) is 13.6. The van der Waals surface area contributed by atoms with Crippen molar-refractivity contribution in [1.82, 2.24) is 15.5 Å². The van der Waals surface area contributed by atoms with Crippen molar-refractivity contribution >= 4 is 17.7 Å². The molecule has 1 aliphatic carbocycles. The smallest absolute Gasteiger partial charge is 0.258 e. The molecule has 1 aromatic rings. The van der Waals surface area contributed by atoms with Crippen molar-refractivity contribution < 1.29 is 19.5 Å². The summed E-state index contributed by atoms with van der Waals surface area (Å²) in [4.78, 5) is 38.8. The van der Waals surface area contributed by atoms with Crippen LogP contribution in [0.5, 0.6) is 5.75 Å². The highest BCUT2D eigenvalue weighted by atomic mass is 16.3. The average Bonchev–Trinajstić information content (AvgIpc) is 3.18. The number of phenols is 1. The number of aromatic hydroxyl groups is 1. The third kappa shape index (κ3) is 5.03. The summed E-state index contributed by atoms with van der Waals surface area (Å²) in [5.74, 6) is -0.712. The molecule has 2 fully saturated rings. The maximum absolute atomic E-state index is 12.7. The molecule has 1 aromatic carbocycles. The maximum Gasteiger partial charge on any atom is 0.258 e. The lowest BCUT2D eigenvalue weighted by Crippen LogP contribution is -2.46. The van der Waals surface area contributed by atoms with Crippen molar-refractivity contribution in [2.75, 3.05) is 13.1 Å². The number of phenolic OH excluding ortho intramolecular Hbond substituents is 1. The summed E-state index contributed by atoms with van der Waals surface area (Å²) in [5, 5.41) is 15.7. The van der Waals surface area contributed by atoms with Crippen molar-refractivity contribution in [2.45, 2.75) is 63.5 Å². The number of carbonyl (C=O) groups is 3. The summed E-state index contributed by atoms with van der Waals surface area (Å²) >= 11 is 0. The van der Waals surface area contributed by atoms with Crippen LogP contribution in [0, 0.1) is 0 Å². The molecule has 3 amide bonds. The van der Waals surface area contributed by atoms with Gasteiger partial charge in [0.2, 0.25) is 11.8 Å². The first-order valence-electron chi connectivity index (χ1n) is 10.2. The number of carbonyl (C=O) groups excluding carboxylic acids is 3. The fourth-order valence-corrected chi connectivity index (χ4v) is 4.06. The second-order valence-corrected chi connectivity index (χ2v) is 7.62. The maximum atomic E-state index is 12.7. The lowest BCUT2D eigenvalue weighted by molar-refractivity contribution is -0.125. The molecule has 0 aromatic heterocycles. The summed E-state index contributed by atoms with van der Waals surface area (Å²) in [6.07, 6.45) is 7.17. The van der Waals surface area contributed by atoms with E-state index in [2.05, 4.69) is 10.6 Å². The lowest BCUT2D eigenvalue weighted by atomic mass is 9.95. The fraction of sp³-hybridized carbons (Fsp3) is 0.571. The molecule has 7 heteroatoms. The van der Waals surface area contributed by atoms with E-state index in [1.165, 1.54) is 17.4 Å². The zero-order valence-corrected chi connectivity index (χ0v) is 16.2. The summed E-state index contributed by atoms with van der Waals surface area (Å²) in [5.41, 5.74) is 0.203. The van der Waals surface area contributed by atoms with Gasteiger partial charge in [-0.25, -0.2) is 0 Å². The van der Waals surface area contributed by atoms with E-state index >= 15 is 0 Å². The van der Waals surface area contributed by atoms with Gasteiger partial charge in [0.25, 0.3) is 5.91 Å². The predicted molar refractivity (Wildman–Crippen MR) is 105 cm³/mol. The molecule has 3 rings (SSSR count). The molecule has 1 atom stereocenters. The van der Waals surface area contributed by atoms with Crippen LogP contribution in [0.4, 0.5) is 0 Å². The Balaban J connectivity index is 1.47. The number of hydrogen-bond acceptors (Lipinski definition) is 4. The summed E-state index contributed by atoms with van der Waals surface area (Å²) in [6, 6.07) is 6.05. The van der Waals surface area contributed by atoms with Crippen molar-refractivity contribution in [3.8, 4) is 5.75 Å². The van der Waals surface area contributed by atoms with E-state index in [-0.39, 0.29) is 48.0 Å². The molecule has 152 valence electrons. The van der Waals surface area contributed by atoms with Gasteiger partial charge in [0.1, 0.15) is 11.8 Å². The average molecular weight is 387 g/mol. The molecule has 1 saturated carbocycles. The second kappa shape index (κ2) is 9.57. The van der Waals surface area contributed by atoms with Gasteiger partial charge in [-0.15, -0.1) is 0 Å². The molecule has 1 heterocycles. The zero-order valence-electron chi connectivity index (χ0n) is 16.2. The number of likely N-dealkylation sites (tertiary alicyclic amines) is 1. The normalized spacial score (nSPS) is 20.0. The molecule has 1 saturated heterocycles. The Hall–Kier alpha value is -2.57. The van der Waals surface area contributed by atoms with Gasteiger partial charge >= 0.3 is 0 Å². The van der Waals surface area contributed by atoms with E-state index in [0.717, 1.165) is 32.1 Å². The number of nitrogens with one attached hydrogen (secondary N) is 2. The van der Waals surface area contributed by atoms with Crippen molar-refractivity contribution in [1.29, 1.82) is 0 Å².